The molecule has 16 heavy (non-hydrogen) atoms. The van der Waals surface area contributed by atoms with Gasteiger partial charge in [0.05, 0.1) is 0 Å². The van der Waals surface area contributed by atoms with E-state index in [1.807, 2.05) is 0 Å². The molecule has 1 aliphatic heterocycles. The van der Waals surface area contributed by atoms with Crippen molar-refractivity contribution in [2.75, 3.05) is 26.2 Å². The molecule has 0 radical (unpaired) electrons. The summed E-state index contributed by atoms with van der Waals surface area (Å²) in [6.45, 7) is 10.2. The maximum absolute atomic E-state index is 3.39. The number of hydrogen-bond donors (Lipinski definition) is 1. The molecule has 2 nitrogen and oxygen atoms in total. The zero-order chi connectivity index (χ0) is 11.4. The third-order valence-corrected chi connectivity index (χ3v) is 3.23. The molecule has 1 heterocycles. The lowest BCUT2D eigenvalue weighted by Gasteiger charge is -2.27. The Morgan fingerprint density at radius 3 is 2.69 bits per heavy atom. The Labute approximate surface area is 98.7 Å². The maximum atomic E-state index is 3.39. The fraction of sp³-hybridized carbons (Fsp3) is 0.571. The minimum atomic E-state index is 0.628. The minimum absolute atomic E-state index is 0.628. The highest BCUT2D eigenvalue weighted by Gasteiger charge is 2.10. The molecule has 1 aromatic rings. The molecule has 1 aromatic carbocycles. The predicted molar refractivity (Wildman–Crippen MR) is 68.7 cm³/mol. The van der Waals surface area contributed by atoms with Gasteiger partial charge in [0.2, 0.25) is 0 Å². The standard InChI is InChI=1S/C14H22N2/c1-12(2)14-5-3-4-13(10-14)11-16-8-6-15-7-9-16/h3-5,10,12,15H,6-9,11H2,1-2H3. The monoisotopic (exact) mass is 218 g/mol. The molecular weight excluding hydrogens is 196 g/mol. The lowest BCUT2D eigenvalue weighted by molar-refractivity contribution is 0.233. The average molecular weight is 218 g/mol. The summed E-state index contributed by atoms with van der Waals surface area (Å²) >= 11 is 0. The number of piperazine rings is 1. The molecule has 0 spiro atoms. The Bertz CT molecular complexity index is 327. The second kappa shape index (κ2) is 5.46. The second-order valence-electron chi connectivity index (χ2n) is 4.93. The molecule has 1 fully saturated rings. The number of nitrogens with zero attached hydrogens (tertiary/aromatic N) is 1. The lowest BCUT2D eigenvalue weighted by atomic mass is 10.0. The van der Waals surface area contributed by atoms with Crippen molar-refractivity contribution in [3.8, 4) is 0 Å². The van der Waals surface area contributed by atoms with E-state index in [-0.39, 0.29) is 0 Å². The molecule has 0 aliphatic carbocycles. The molecule has 0 bridgehead atoms. The van der Waals surface area contributed by atoms with Crippen molar-refractivity contribution >= 4 is 0 Å². The Morgan fingerprint density at radius 1 is 1.25 bits per heavy atom. The van der Waals surface area contributed by atoms with E-state index >= 15 is 0 Å². The smallest absolute Gasteiger partial charge is 0.0234 e. The van der Waals surface area contributed by atoms with Crippen LogP contribution in [0.1, 0.15) is 30.9 Å². The molecule has 0 saturated carbocycles. The van der Waals surface area contributed by atoms with Crippen molar-refractivity contribution in [1.29, 1.82) is 0 Å². The second-order valence-corrected chi connectivity index (χ2v) is 4.93. The minimum Gasteiger partial charge on any atom is -0.314 e. The van der Waals surface area contributed by atoms with E-state index in [9.17, 15) is 0 Å². The van der Waals surface area contributed by atoms with Gasteiger partial charge in [0.1, 0.15) is 0 Å². The van der Waals surface area contributed by atoms with Crippen LogP contribution in [-0.2, 0) is 6.54 Å². The number of hydrogen-bond acceptors (Lipinski definition) is 2. The van der Waals surface area contributed by atoms with Gasteiger partial charge in [-0.05, 0) is 17.0 Å². The van der Waals surface area contributed by atoms with Crippen LogP contribution in [0, 0.1) is 0 Å². The van der Waals surface area contributed by atoms with Crippen molar-refractivity contribution in [3.05, 3.63) is 35.4 Å². The van der Waals surface area contributed by atoms with Crippen LogP contribution in [0.25, 0.3) is 0 Å². The van der Waals surface area contributed by atoms with Crippen molar-refractivity contribution in [3.63, 3.8) is 0 Å². The Kier molecular flexibility index (Phi) is 3.97. The highest BCUT2D eigenvalue weighted by molar-refractivity contribution is 5.25. The van der Waals surface area contributed by atoms with E-state index in [0.29, 0.717) is 5.92 Å². The van der Waals surface area contributed by atoms with Gasteiger partial charge >= 0.3 is 0 Å². The number of benzene rings is 1. The summed E-state index contributed by atoms with van der Waals surface area (Å²) in [5.41, 5.74) is 2.90. The summed E-state index contributed by atoms with van der Waals surface area (Å²) in [7, 11) is 0. The van der Waals surface area contributed by atoms with Gasteiger partial charge in [-0.2, -0.15) is 0 Å². The van der Waals surface area contributed by atoms with E-state index in [0.717, 1.165) is 19.6 Å². The lowest BCUT2D eigenvalue weighted by Crippen LogP contribution is -2.42. The Hall–Kier alpha value is -0.860. The van der Waals surface area contributed by atoms with Crippen LogP contribution in [0.3, 0.4) is 0 Å². The third-order valence-electron chi connectivity index (χ3n) is 3.23. The van der Waals surface area contributed by atoms with Crippen molar-refractivity contribution < 1.29 is 0 Å². The molecule has 0 aromatic heterocycles. The fourth-order valence-electron chi connectivity index (χ4n) is 2.18. The topological polar surface area (TPSA) is 15.3 Å². The summed E-state index contributed by atoms with van der Waals surface area (Å²) in [6, 6.07) is 9.01. The zero-order valence-electron chi connectivity index (χ0n) is 10.4. The molecule has 2 rings (SSSR count). The summed E-state index contributed by atoms with van der Waals surface area (Å²) in [5.74, 6) is 0.628. The third kappa shape index (κ3) is 3.06. The molecule has 0 atom stereocenters. The molecule has 0 unspecified atom stereocenters. The average Bonchev–Trinajstić information content (AvgIpc) is 2.30. The normalized spacial score (nSPS) is 17.9. The first kappa shape index (κ1) is 11.6. The number of nitrogens with one attached hydrogen (secondary N) is 1. The van der Waals surface area contributed by atoms with Crippen LogP contribution >= 0.6 is 0 Å². The van der Waals surface area contributed by atoms with Gasteiger partial charge in [-0.3, -0.25) is 4.90 Å². The highest BCUT2D eigenvalue weighted by atomic mass is 15.2. The van der Waals surface area contributed by atoms with Gasteiger partial charge in [0.25, 0.3) is 0 Å². The SMILES string of the molecule is CC(C)c1cccc(CN2CCNCC2)c1. The molecule has 2 heteroatoms. The Morgan fingerprint density at radius 2 is 2.00 bits per heavy atom. The van der Waals surface area contributed by atoms with Crippen LogP contribution < -0.4 is 5.32 Å². The highest BCUT2D eigenvalue weighted by Crippen LogP contribution is 2.16. The summed E-state index contributed by atoms with van der Waals surface area (Å²) in [4.78, 5) is 2.52. The van der Waals surface area contributed by atoms with Crippen molar-refractivity contribution in [2.24, 2.45) is 0 Å². The molecule has 1 aliphatic rings. The molecule has 1 N–H and O–H groups in total. The van der Waals surface area contributed by atoms with E-state index in [2.05, 4.69) is 48.3 Å². The number of rotatable bonds is 3. The van der Waals surface area contributed by atoms with E-state index < -0.39 is 0 Å². The zero-order valence-corrected chi connectivity index (χ0v) is 10.4. The first-order chi connectivity index (χ1) is 7.75. The summed E-state index contributed by atoms with van der Waals surface area (Å²) < 4.78 is 0. The van der Waals surface area contributed by atoms with Crippen LogP contribution in [0.5, 0.6) is 0 Å². The van der Waals surface area contributed by atoms with Crippen molar-refractivity contribution in [2.45, 2.75) is 26.3 Å². The van der Waals surface area contributed by atoms with Crippen LogP contribution in [-0.4, -0.2) is 31.1 Å². The van der Waals surface area contributed by atoms with Gasteiger partial charge in [0.15, 0.2) is 0 Å². The predicted octanol–water partition coefficient (Wildman–Crippen LogP) is 2.22. The Balaban J connectivity index is 2.00. The van der Waals surface area contributed by atoms with Crippen LogP contribution in [0.2, 0.25) is 0 Å². The first-order valence-electron chi connectivity index (χ1n) is 6.27. The van der Waals surface area contributed by atoms with E-state index in [4.69, 9.17) is 0 Å². The van der Waals surface area contributed by atoms with Gasteiger partial charge < -0.3 is 5.32 Å². The van der Waals surface area contributed by atoms with Crippen LogP contribution in [0.4, 0.5) is 0 Å². The molecule has 1 saturated heterocycles. The van der Waals surface area contributed by atoms with Gasteiger partial charge in [-0.15, -0.1) is 0 Å². The first-order valence-corrected chi connectivity index (χ1v) is 6.27. The molecule has 88 valence electrons. The maximum Gasteiger partial charge on any atom is 0.0234 e. The summed E-state index contributed by atoms with van der Waals surface area (Å²) in [6.07, 6.45) is 0. The largest absolute Gasteiger partial charge is 0.314 e. The summed E-state index contributed by atoms with van der Waals surface area (Å²) in [5, 5.41) is 3.39. The van der Waals surface area contributed by atoms with E-state index in [1.54, 1.807) is 0 Å². The molecular formula is C14H22N2. The molecule has 0 amide bonds. The van der Waals surface area contributed by atoms with Crippen LogP contribution in [0.15, 0.2) is 24.3 Å². The fourth-order valence-corrected chi connectivity index (χ4v) is 2.18. The quantitative estimate of drug-likeness (QED) is 0.837. The van der Waals surface area contributed by atoms with Gasteiger partial charge in [0, 0.05) is 32.7 Å². The van der Waals surface area contributed by atoms with Gasteiger partial charge in [-0.25, -0.2) is 0 Å². The van der Waals surface area contributed by atoms with Crippen molar-refractivity contribution in [1.82, 2.24) is 10.2 Å². The van der Waals surface area contributed by atoms with E-state index in [1.165, 1.54) is 24.2 Å². The van der Waals surface area contributed by atoms with Gasteiger partial charge in [-0.1, -0.05) is 38.1 Å².